The van der Waals surface area contributed by atoms with Crippen LogP contribution in [0, 0.1) is 0 Å². The largest absolute Gasteiger partial charge is 0.479 e. The maximum Gasteiger partial charge on any atom is 0.330 e. The third kappa shape index (κ3) is 1.98. The summed E-state index contributed by atoms with van der Waals surface area (Å²) in [5.41, 5.74) is -1.07. The normalized spacial score (nSPS) is 28.8. The molecule has 0 spiro atoms. The molecule has 2 N–H and O–H groups in total. The SMILES string of the molecule is CC(=O)NC1(C(=O)O)CCN(C)C1. The number of nitrogens with zero attached hydrogens (tertiary/aromatic N) is 1. The summed E-state index contributed by atoms with van der Waals surface area (Å²) in [7, 11) is 1.84. The minimum Gasteiger partial charge on any atom is -0.479 e. The Kier molecular flexibility index (Phi) is 2.56. The van der Waals surface area contributed by atoms with E-state index in [1.165, 1.54) is 6.92 Å². The van der Waals surface area contributed by atoms with Gasteiger partial charge in [-0.15, -0.1) is 0 Å². The molecule has 1 rings (SSSR count). The monoisotopic (exact) mass is 186 g/mol. The van der Waals surface area contributed by atoms with Gasteiger partial charge < -0.3 is 15.3 Å². The molecule has 1 saturated heterocycles. The highest BCUT2D eigenvalue weighted by molar-refractivity contribution is 5.86. The van der Waals surface area contributed by atoms with Crippen LogP contribution in [0.1, 0.15) is 13.3 Å². The number of carboxylic acid groups (broad SMARTS) is 1. The molecule has 0 radical (unpaired) electrons. The molecule has 13 heavy (non-hydrogen) atoms. The first kappa shape index (κ1) is 9.98. The molecule has 1 atom stereocenters. The Hall–Kier alpha value is -1.10. The van der Waals surface area contributed by atoms with E-state index in [1.807, 2.05) is 11.9 Å². The van der Waals surface area contributed by atoms with E-state index in [2.05, 4.69) is 5.32 Å². The number of aliphatic carboxylic acids is 1. The molecule has 1 heterocycles. The summed E-state index contributed by atoms with van der Waals surface area (Å²) in [6, 6.07) is 0. The number of carbonyl (C=O) groups excluding carboxylic acids is 1. The number of rotatable bonds is 2. The van der Waals surface area contributed by atoms with E-state index < -0.39 is 11.5 Å². The van der Waals surface area contributed by atoms with E-state index in [-0.39, 0.29) is 5.91 Å². The summed E-state index contributed by atoms with van der Waals surface area (Å²) in [4.78, 5) is 23.7. The van der Waals surface area contributed by atoms with E-state index in [1.54, 1.807) is 0 Å². The maximum absolute atomic E-state index is 11.0. The first-order valence-electron chi connectivity index (χ1n) is 4.17. The molecular formula is C8H14N2O3. The number of hydrogen-bond donors (Lipinski definition) is 2. The summed E-state index contributed by atoms with van der Waals surface area (Å²) in [5.74, 6) is -1.25. The standard InChI is InChI=1S/C8H14N2O3/c1-6(11)9-8(7(12)13)3-4-10(2)5-8/h3-5H2,1-2H3,(H,9,11)(H,12,13). The Bertz CT molecular complexity index is 242. The fraction of sp³-hybridized carbons (Fsp3) is 0.750. The molecule has 0 aromatic rings. The second kappa shape index (κ2) is 3.33. The number of likely N-dealkylation sites (N-methyl/N-ethyl adjacent to an activating group) is 1. The van der Waals surface area contributed by atoms with Crippen molar-refractivity contribution in [2.75, 3.05) is 20.1 Å². The van der Waals surface area contributed by atoms with E-state index in [0.717, 1.165) is 0 Å². The highest BCUT2D eigenvalue weighted by Crippen LogP contribution is 2.20. The summed E-state index contributed by atoms with van der Waals surface area (Å²) >= 11 is 0. The van der Waals surface area contributed by atoms with Crippen molar-refractivity contribution in [3.8, 4) is 0 Å². The number of amides is 1. The zero-order valence-corrected chi connectivity index (χ0v) is 7.83. The van der Waals surface area contributed by atoms with Crippen LogP contribution >= 0.6 is 0 Å². The van der Waals surface area contributed by atoms with Crippen molar-refractivity contribution in [3.63, 3.8) is 0 Å². The molecule has 1 unspecified atom stereocenters. The summed E-state index contributed by atoms with van der Waals surface area (Å²) in [6.07, 6.45) is 0.471. The molecule has 1 fully saturated rings. The number of nitrogens with one attached hydrogen (secondary N) is 1. The van der Waals surface area contributed by atoms with Crippen molar-refractivity contribution < 1.29 is 14.7 Å². The zero-order chi connectivity index (χ0) is 10.1. The second-order valence-electron chi connectivity index (χ2n) is 3.56. The van der Waals surface area contributed by atoms with E-state index in [0.29, 0.717) is 19.5 Å². The summed E-state index contributed by atoms with van der Waals surface area (Å²) in [5, 5.41) is 11.5. The van der Waals surface area contributed by atoms with Crippen molar-refractivity contribution >= 4 is 11.9 Å². The molecule has 0 bridgehead atoms. The van der Waals surface area contributed by atoms with Gasteiger partial charge in [-0.1, -0.05) is 0 Å². The Morgan fingerprint density at radius 2 is 2.15 bits per heavy atom. The Labute approximate surface area is 76.7 Å². The first-order chi connectivity index (χ1) is 5.96. The van der Waals surface area contributed by atoms with E-state index in [4.69, 9.17) is 5.11 Å². The molecule has 1 aliphatic heterocycles. The van der Waals surface area contributed by atoms with Crippen molar-refractivity contribution in [1.29, 1.82) is 0 Å². The van der Waals surface area contributed by atoms with Gasteiger partial charge in [0, 0.05) is 20.0 Å². The van der Waals surface area contributed by atoms with Gasteiger partial charge >= 0.3 is 5.97 Å². The molecule has 1 aliphatic rings. The van der Waals surface area contributed by atoms with Crippen LogP contribution in [0.3, 0.4) is 0 Å². The fourth-order valence-electron chi connectivity index (χ4n) is 1.67. The number of likely N-dealkylation sites (tertiary alicyclic amines) is 1. The average Bonchev–Trinajstić information content (AvgIpc) is 2.31. The first-order valence-corrected chi connectivity index (χ1v) is 4.17. The van der Waals surface area contributed by atoms with Gasteiger partial charge in [0.25, 0.3) is 0 Å². The molecule has 1 amide bonds. The lowest BCUT2D eigenvalue weighted by Gasteiger charge is -2.24. The Morgan fingerprint density at radius 1 is 1.54 bits per heavy atom. The highest BCUT2D eigenvalue weighted by Gasteiger charge is 2.44. The third-order valence-corrected chi connectivity index (χ3v) is 2.28. The van der Waals surface area contributed by atoms with Gasteiger partial charge in [-0.3, -0.25) is 4.79 Å². The molecule has 0 aliphatic carbocycles. The Morgan fingerprint density at radius 3 is 2.46 bits per heavy atom. The van der Waals surface area contributed by atoms with Gasteiger partial charge in [0.05, 0.1) is 0 Å². The topological polar surface area (TPSA) is 69.6 Å². The molecule has 5 nitrogen and oxygen atoms in total. The smallest absolute Gasteiger partial charge is 0.330 e. The van der Waals surface area contributed by atoms with Crippen LogP contribution in [0.15, 0.2) is 0 Å². The van der Waals surface area contributed by atoms with Crippen LogP contribution < -0.4 is 5.32 Å². The van der Waals surface area contributed by atoms with Crippen LogP contribution in [0.5, 0.6) is 0 Å². The van der Waals surface area contributed by atoms with Crippen molar-refractivity contribution in [1.82, 2.24) is 10.2 Å². The van der Waals surface area contributed by atoms with Gasteiger partial charge in [-0.05, 0) is 13.5 Å². The van der Waals surface area contributed by atoms with E-state index >= 15 is 0 Å². The molecular weight excluding hydrogens is 172 g/mol. The van der Waals surface area contributed by atoms with Gasteiger partial charge in [0.2, 0.25) is 5.91 Å². The van der Waals surface area contributed by atoms with Crippen LogP contribution in [-0.4, -0.2) is 47.6 Å². The quantitative estimate of drug-likeness (QED) is 0.597. The average molecular weight is 186 g/mol. The fourth-order valence-corrected chi connectivity index (χ4v) is 1.67. The number of carboxylic acids is 1. The summed E-state index contributed by atoms with van der Waals surface area (Å²) < 4.78 is 0. The highest BCUT2D eigenvalue weighted by atomic mass is 16.4. The molecule has 0 saturated carbocycles. The van der Waals surface area contributed by atoms with Crippen molar-refractivity contribution in [2.24, 2.45) is 0 Å². The van der Waals surface area contributed by atoms with Gasteiger partial charge in [0.15, 0.2) is 5.54 Å². The maximum atomic E-state index is 11.0. The van der Waals surface area contributed by atoms with E-state index in [9.17, 15) is 9.59 Å². The van der Waals surface area contributed by atoms with Gasteiger partial charge in [-0.2, -0.15) is 0 Å². The minimum atomic E-state index is -1.07. The molecule has 5 heteroatoms. The Balaban J connectivity index is 2.77. The molecule has 0 aromatic heterocycles. The molecule has 0 aromatic carbocycles. The predicted octanol–water partition coefficient (Wildman–Crippen LogP) is -0.719. The lowest BCUT2D eigenvalue weighted by atomic mass is 9.99. The third-order valence-electron chi connectivity index (χ3n) is 2.28. The summed E-state index contributed by atoms with van der Waals surface area (Å²) in [6.45, 7) is 2.41. The van der Waals surface area contributed by atoms with Gasteiger partial charge in [-0.25, -0.2) is 4.79 Å². The zero-order valence-electron chi connectivity index (χ0n) is 7.83. The lowest BCUT2D eigenvalue weighted by Crippen LogP contribution is -2.55. The van der Waals surface area contributed by atoms with Crippen LogP contribution in [0.2, 0.25) is 0 Å². The predicted molar refractivity (Wildman–Crippen MR) is 46.3 cm³/mol. The molecule has 74 valence electrons. The minimum absolute atomic E-state index is 0.294. The van der Waals surface area contributed by atoms with Crippen molar-refractivity contribution in [2.45, 2.75) is 18.9 Å². The number of hydrogen-bond acceptors (Lipinski definition) is 3. The van der Waals surface area contributed by atoms with Crippen LogP contribution in [0.25, 0.3) is 0 Å². The lowest BCUT2D eigenvalue weighted by molar-refractivity contribution is -0.146. The van der Waals surface area contributed by atoms with Gasteiger partial charge in [0.1, 0.15) is 0 Å². The van der Waals surface area contributed by atoms with Crippen LogP contribution in [-0.2, 0) is 9.59 Å². The van der Waals surface area contributed by atoms with Crippen molar-refractivity contribution in [3.05, 3.63) is 0 Å². The second-order valence-corrected chi connectivity index (χ2v) is 3.56. The van der Waals surface area contributed by atoms with Crippen LogP contribution in [0.4, 0.5) is 0 Å². The number of carbonyl (C=O) groups is 2.